The molecule has 0 aliphatic carbocycles. The molecule has 0 saturated heterocycles. The Morgan fingerprint density at radius 2 is 1.93 bits per heavy atom. The van der Waals surface area contributed by atoms with E-state index in [-0.39, 0.29) is 6.03 Å². The van der Waals surface area contributed by atoms with Gasteiger partial charge in [0.15, 0.2) is 0 Å². The van der Waals surface area contributed by atoms with E-state index in [4.69, 9.17) is 4.74 Å². The molecule has 0 spiro atoms. The van der Waals surface area contributed by atoms with E-state index < -0.39 is 0 Å². The largest absolute Gasteiger partial charge is 0.381 e. The molecule has 4 nitrogen and oxygen atoms in total. The zero-order valence-electron chi connectivity index (χ0n) is 10.2. The van der Waals surface area contributed by atoms with Crippen LogP contribution in [0.5, 0.6) is 0 Å². The summed E-state index contributed by atoms with van der Waals surface area (Å²) in [6.07, 6.45) is 3.16. The minimum absolute atomic E-state index is 0.00828. The number of nitrogens with one attached hydrogen (secondary N) is 1. The molecule has 0 atom stereocenters. The second kappa shape index (κ2) is 9.77. The van der Waals surface area contributed by atoms with Crippen molar-refractivity contribution < 1.29 is 9.53 Å². The van der Waals surface area contributed by atoms with E-state index in [0.29, 0.717) is 6.54 Å². The minimum Gasteiger partial charge on any atom is -0.381 e. The van der Waals surface area contributed by atoms with Crippen LogP contribution in [0.1, 0.15) is 33.1 Å². The molecule has 1 N–H and O–H groups in total. The van der Waals surface area contributed by atoms with Crippen LogP contribution in [0, 0.1) is 0 Å². The van der Waals surface area contributed by atoms with Gasteiger partial charge in [0.2, 0.25) is 0 Å². The zero-order chi connectivity index (χ0) is 11.5. The Balaban J connectivity index is 3.20. The van der Waals surface area contributed by atoms with Crippen molar-refractivity contribution in [2.24, 2.45) is 0 Å². The Labute approximate surface area is 93.0 Å². The molecule has 0 bridgehead atoms. The van der Waals surface area contributed by atoms with E-state index in [1.165, 1.54) is 0 Å². The van der Waals surface area contributed by atoms with Gasteiger partial charge in [-0.2, -0.15) is 0 Å². The number of urea groups is 1. The first-order valence-electron chi connectivity index (χ1n) is 5.79. The van der Waals surface area contributed by atoms with Gasteiger partial charge in [0.25, 0.3) is 0 Å². The van der Waals surface area contributed by atoms with Gasteiger partial charge in [-0.05, 0) is 19.8 Å². The van der Waals surface area contributed by atoms with Gasteiger partial charge in [0.1, 0.15) is 0 Å². The van der Waals surface area contributed by atoms with Crippen molar-refractivity contribution in [1.29, 1.82) is 0 Å². The lowest BCUT2D eigenvalue weighted by atomic mass is 10.4. The molecule has 0 fully saturated rings. The van der Waals surface area contributed by atoms with E-state index in [1.54, 1.807) is 11.9 Å². The van der Waals surface area contributed by atoms with E-state index in [0.717, 1.165) is 39.0 Å². The molecule has 0 heterocycles. The Bertz CT molecular complexity index is 163. The molecule has 2 amide bonds. The molecule has 0 aliphatic rings. The maximum Gasteiger partial charge on any atom is 0.317 e. The lowest BCUT2D eigenvalue weighted by Gasteiger charge is -2.15. The third kappa shape index (κ3) is 8.24. The quantitative estimate of drug-likeness (QED) is 0.629. The fourth-order valence-corrected chi connectivity index (χ4v) is 0.997. The van der Waals surface area contributed by atoms with Gasteiger partial charge in [0.05, 0.1) is 0 Å². The zero-order valence-corrected chi connectivity index (χ0v) is 10.2. The fourth-order valence-electron chi connectivity index (χ4n) is 0.997. The van der Waals surface area contributed by atoms with Crippen molar-refractivity contribution in [3.05, 3.63) is 0 Å². The number of rotatable bonds is 8. The first-order valence-corrected chi connectivity index (χ1v) is 5.79. The van der Waals surface area contributed by atoms with Gasteiger partial charge in [-0.25, -0.2) is 4.79 Å². The maximum absolute atomic E-state index is 11.3. The van der Waals surface area contributed by atoms with E-state index in [2.05, 4.69) is 12.2 Å². The van der Waals surface area contributed by atoms with Crippen molar-refractivity contribution in [1.82, 2.24) is 10.2 Å². The summed E-state index contributed by atoms with van der Waals surface area (Å²) in [7, 11) is 1.78. The predicted molar refractivity (Wildman–Crippen MR) is 62.0 cm³/mol. The first kappa shape index (κ1) is 14.2. The highest BCUT2D eigenvalue weighted by atomic mass is 16.5. The summed E-state index contributed by atoms with van der Waals surface area (Å²) in [6.45, 7) is 7.08. The molecule has 0 radical (unpaired) electrons. The number of nitrogens with zero attached hydrogens (tertiary/aromatic N) is 1. The number of hydrogen-bond donors (Lipinski definition) is 1. The average molecular weight is 216 g/mol. The molecule has 0 rings (SSSR count). The van der Waals surface area contributed by atoms with Crippen molar-refractivity contribution in [2.75, 3.05) is 33.4 Å². The number of carbonyl (C=O) groups is 1. The predicted octanol–water partition coefficient (Wildman–Crippen LogP) is 1.85. The molecular formula is C11H24N2O2. The molecule has 0 aliphatic heterocycles. The second-order valence-electron chi connectivity index (χ2n) is 3.57. The number of amides is 2. The Kier molecular flexibility index (Phi) is 9.27. The molecule has 4 heteroatoms. The summed E-state index contributed by atoms with van der Waals surface area (Å²) in [5.74, 6) is 0. The highest BCUT2D eigenvalue weighted by Crippen LogP contribution is 1.89. The summed E-state index contributed by atoms with van der Waals surface area (Å²) in [6, 6.07) is -0.00828. The highest BCUT2D eigenvalue weighted by Gasteiger charge is 2.03. The molecule has 0 aromatic carbocycles. The van der Waals surface area contributed by atoms with Crippen LogP contribution in [-0.4, -0.2) is 44.3 Å². The number of ether oxygens (including phenoxy) is 1. The van der Waals surface area contributed by atoms with Gasteiger partial charge in [-0.1, -0.05) is 13.3 Å². The van der Waals surface area contributed by atoms with Gasteiger partial charge in [0, 0.05) is 33.4 Å². The highest BCUT2D eigenvalue weighted by molar-refractivity contribution is 5.73. The summed E-state index contributed by atoms with van der Waals surface area (Å²) >= 11 is 0. The lowest BCUT2D eigenvalue weighted by Crippen LogP contribution is -2.37. The molecule has 0 aromatic rings. The maximum atomic E-state index is 11.3. The van der Waals surface area contributed by atoms with Crippen molar-refractivity contribution in [3.63, 3.8) is 0 Å². The number of hydrogen-bond acceptors (Lipinski definition) is 2. The van der Waals surface area contributed by atoms with Crippen LogP contribution >= 0.6 is 0 Å². The molecular weight excluding hydrogens is 192 g/mol. The second-order valence-corrected chi connectivity index (χ2v) is 3.57. The standard InChI is InChI=1S/C11H24N2O2/c1-4-6-9-15-10-7-8-12-11(14)13(3)5-2/h4-10H2,1-3H3,(H,12,14). The molecule has 0 unspecified atom stereocenters. The molecule has 15 heavy (non-hydrogen) atoms. The van der Waals surface area contributed by atoms with Crippen LogP contribution < -0.4 is 5.32 Å². The number of unbranched alkanes of at least 4 members (excludes halogenated alkanes) is 1. The number of carbonyl (C=O) groups excluding carboxylic acids is 1. The first-order chi connectivity index (χ1) is 7.22. The lowest BCUT2D eigenvalue weighted by molar-refractivity contribution is 0.128. The Morgan fingerprint density at radius 3 is 2.53 bits per heavy atom. The van der Waals surface area contributed by atoms with Crippen LogP contribution in [-0.2, 0) is 4.74 Å². The topological polar surface area (TPSA) is 41.6 Å². The smallest absolute Gasteiger partial charge is 0.317 e. The normalized spacial score (nSPS) is 10.1. The summed E-state index contributed by atoms with van der Waals surface area (Å²) < 4.78 is 5.38. The van der Waals surface area contributed by atoms with Gasteiger partial charge in [-0.15, -0.1) is 0 Å². The Morgan fingerprint density at radius 1 is 1.27 bits per heavy atom. The molecule has 90 valence electrons. The third-order valence-electron chi connectivity index (χ3n) is 2.20. The average Bonchev–Trinajstić information content (AvgIpc) is 2.26. The van der Waals surface area contributed by atoms with Gasteiger partial charge in [-0.3, -0.25) is 0 Å². The Hall–Kier alpha value is -0.770. The van der Waals surface area contributed by atoms with Crippen LogP contribution in [0.15, 0.2) is 0 Å². The summed E-state index contributed by atoms with van der Waals surface area (Å²) in [4.78, 5) is 12.9. The van der Waals surface area contributed by atoms with Crippen molar-refractivity contribution in [3.8, 4) is 0 Å². The molecule has 0 aromatic heterocycles. The van der Waals surface area contributed by atoms with E-state index in [9.17, 15) is 4.79 Å². The van der Waals surface area contributed by atoms with E-state index in [1.807, 2.05) is 6.92 Å². The fraction of sp³-hybridized carbons (Fsp3) is 0.909. The van der Waals surface area contributed by atoms with Crippen LogP contribution in [0.3, 0.4) is 0 Å². The summed E-state index contributed by atoms with van der Waals surface area (Å²) in [5.41, 5.74) is 0. The monoisotopic (exact) mass is 216 g/mol. The van der Waals surface area contributed by atoms with Crippen LogP contribution in [0.2, 0.25) is 0 Å². The SMILES string of the molecule is CCCCOCCCNC(=O)N(C)CC. The van der Waals surface area contributed by atoms with Gasteiger partial charge >= 0.3 is 6.03 Å². The van der Waals surface area contributed by atoms with Crippen LogP contribution in [0.4, 0.5) is 4.79 Å². The van der Waals surface area contributed by atoms with Crippen molar-refractivity contribution in [2.45, 2.75) is 33.1 Å². The van der Waals surface area contributed by atoms with E-state index >= 15 is 0 Å². The van der Waals surface area contributed by atoms with Crippen molar-refractivity contribution >= 4 is 6.03 Å². The minimum atomic E-state index is -0.00828. The van der Waals surface area contributed by atoms with Gasteiger partial charge < -0.3 is 15.0 Å². The van der Waals surface area contributed by atoms with Crippen LogP contribution in [0.25, 0.3) is 0 Å². The summed E-state index contributed by atoms with van der Waals surface area (Å²) in [5, 5.41) is 2.83. The molecule has 0 saturated carbocycles. The third-order valence-corrected chi connectivity index (χ3v) is 2.20.